The van der Waals surface area contributed by atoms with Gasteiger partial charge in [-0.25, -0.2) is 0 Å². The largest absolute Gasteiger partial charge is 0.316 e. The van der Waals surface area contributed by atoms with Gasteiger partial charge in [-0.2, -0.15) is 0 Å². The molecule has 2 atom stereocenters. The van der Waals surface area contributed by atoms with Crippen molar-refractivity contribution in [3.63, 3.8) is 0 Å². The molecule has 2 aromatic carbocycles. The van der Waals surface area contributed by atoms with Crippen molar-refractivity contribution in [3.05, 3.63) is 70.8 Å². The van der Waals surface area contributed by atoms with Gasteiger partial charge in [-0.15, -0.1) is 0 Å². The quantitative estimate of drug-likeness (QED) is 0.859. The standard InChI is InChI=1S/C19H23N/c1-14-6-5-8-16(12-14)19-13-20-11-10-18(19)17-9-4-3-7-15(17)2/h3-9,12,18-20H,10-11,13H2,1-2H3. The van der Waals surface area contributed by atoms with E-state index in [-0.39, 0.29) is 0 Å². The van der Waals surface area contributed by atoms with E-state index in [2.05, 4.69) is 67.7 Å². The summed E-state index contributed by atoms with van der Waals surface area (Å²) in [5, 5.41) is 3.57. The normalized spacial score (nSPS) is 22.7. The second kappa shape index (κ2) is 5.80. The van der Waals surface area contributed by atoms with Crippen LogP contribution in [0.5, 0.6) is 0 Å². The molecular weight excluding hydrogens is 242 g/mol. The van der Waals surface area contributed by atoms with Crippen LogP contribution < -0.4 is 5.32 Å². The molecule has 1 heteroatoms. The van der Waals surface area contributed by atoms with E-state index in [1.54, 1.807) is 0 Å². The first-order chi connectivity index (χ1) is 9.75. The Morgan fingerprint density at radius 2 is 1.80 bits per heavy atom. The van der Waals surface area contributed by atoms with Crippen LogP contribution in [-0.4, -0.2) is 13.1 Å². The maximum absolute atomic E-state index is 3.57. The molecule has 0 aromatic heterocycles. The first kappa shape index (κ1) is 13.4. The molecule has 2 aromatic rings. The average Bonchev–Trinajstić information content (AvgIpc) is 2.48. The zero-order chi connectivity index (χ0) is 13.9. The molecule has 0 spiro atoms. The van der Waals surface area contributed by atoms with Gasteiger partial charge in [0.1, 0.15) is 0 Å². The summed E-state index contributed by atoms with van der Waals surface area (Å²) in [5.74, 6) is 1.23. The molecule has 1 nitrogen and oxygen atoms in total. The van der Waals surface area contributed by atoms with Crippen LogP contribution in [0.4, 0.5) is 0 Å². The fraction of sp³-hybridized carbons (Fsp3) is 0.368. The smallest absolute Gasteiger partial charge is 0.00328 e. The number of rotatable bonds is 2. The molecule has 1 heterocycles. The lowest BCUT2D eigenvalue weighted by Gasteiger charge is -2.34. The summed E-state index contributed by atoms with van der Waals surface area (Å²) >= 11 is 0. The highest BCUT2D eigenvalue weighted by atomic mass is 14.9. The Bertz CT molecular complexity index is 588. The molecule has 3 rings (SSSR count). The van der Waals surface area contributed by atoms with Gasteiger partial charge >= 0.3 is 0 Å². The van der Waals surface area contributed by atoms with Gasteiger partial charge in [0.15, 0.2) is 0 Å². The second-order valence-corrected chi connectivity index (χ2v) is 5.98. The average molecular weight is 265 g/mol. The fourth-order valence-electron chi connectivity index (χ4n) is 3.48. The Labute approximate surface area is 122 Å². The van der Waals surface area contributed by atoms with Crippen molar-refractivity contribution in [2.45, 2.75) is 32.1 Å². The lowest BCUT2D eigenvalue weighted by molar-refractivity contribution is 0.403. The van der Waals surface area contributed by atoms with Crippen LogP contribution >= 0.6 is 0 Å². The lowest BCUT2D eigenvalue weighted by Crippen LogP contribution is -2.34. The molecule has 0 bridgehead atoms. The van der Waals surface area contributed by atoms with E-state index in [9.17, 15) is 0 Å². The van der Waals surface area contributed by atoms with Gasteiger partial charge in [0.2, 0.25) is 0 Å². The summed E-state index contributed by atoms with van der Waals surface area (Å²) in [6, 6.07) is 17.9. The van der Waals surface area contributed by atoms with Crippen LogP contribution in [0.25, 0.3) is 0 Å². The van der Waals surface area contributed by atoms with Gasteiger partial charge in [-0.3, -0.25) is 0 Å². The van der Waals surface area contributed by atoms with Crippen molar-refractivity contribution < 1.29 is 0 Å². The van der Waals surface area contributed by atoms with E-state index in [4.69, 9.17) is 0 Å². The highest BCUT2D eigenvalue weighted by Crippen LogP contribution is 2.38. The molecule has 0 amide bonds. The van der Waals surface area contributed by atoms with Crippen LogP contribution in [0.2, 0.25) is 0 Å². The summed E-state index contributed by atoms with van der Waals surface area (Å²) in [4.78, 5) is 0. The van der Waals surface area contributed by atoms with Crippen LogP contribution in [0.3, 0.4) is 0 Å². The van der Waals surface area contributed by atoms with E-state index < -0.39 is 0 Å². The molecule has 0 radical (unpaired) electrons. The predicted molar refractivity (Wildman–Crippen MR) is 85.3 cm³/mol. The highest BCUT2D eigenvalue weighted by Gasteiger charge is 2.28. The minimum Gasteiger partial charge on any atom is -0.316 e. The van der Waals surface area contributed by atoms with Crippen molar-refractivity contribution in [2.75, 3.05) is 13.1 Å². The maximum Gasteiger partial charge on any atom is 0.00328 e. The van der Waals surface area contributed by atoms with Crippen molar-refractivity contribution in [3.8, 4) is 0 Å². The Morgan fingerprint density at radius 3 is 2.60 bits per heavy atom. The van der Waals surface area contributed by atoms with Gasteiger partial charge in [0, 0.05) is 12.5 Å². The van der Waals surface area contributed by atoms with Gasteiger partial charge < -0.3 is 5.32 Å². The van der Waals surface area contributed by atoms with Gasteiger partial charge in [0.25, 0.3) is 0 Å². The Balaban J connectivity index is 1.98. The highest BCUT2D eigenvalue weighted by molar-refractivity contribution is 5.36. The summed E-state index contributed by atoms with van der Waals surface area (Å²) in [6.45, 7) is 6.64. The molecule has 1 aliphatic rings. The van der Waals surface area contributed by atoms with Crippen LogP contribution in [0.1, 0.15) is 40.5 Å². The number of aryl methyl sites for hydroxylation is 2. The summed E-state index contributed by atoms with van der Waals surface area (Å²) in [7, 11) is 0. The first-order valence-corrected chi connectivity index (χ1v) is 7.58. The van der Waals surface area contributed by atoms with Gasteiger partial charge in [-0.1, -0.05) is 54.1 Å². The second-order valence-electron chi connectivity index (χ2n) is 5.98. The Hall–Kier alpha value is -1.60. The first-order valence-electron chi connectivity index (χ1n) is 7.58. The number of nitrogens with one attached hydrogen (secondary N) is 1. The predicted octanol–water partition coefficient (Wildman–Crippen LogP) is 4.16. The van der Waals surface area contributed by atoms with Gasteiger partial charge in [0.05, 0.1) is 0 Å². The number of benzene rings is 2. The zero-order valence-electron chi connectivity index (χ0n) is 12.4. The zero-order valence-corrected chi connectivity index (χ0v) is 12.4. The SMILES string of the molecule is Cc1cccc(C2CNCCC2c2ccccc2C)c1. The molecule has 20 heavy (non-hydrogen) atoms. The third-order valence-corrected chi connectivity index (χ3v) is 4.54. The molecule has 1 fully saturated rings. The van der Waals surface area contributed by atoms with E-state index in [0.717, 1.165) is 13.1 Å². The van der Waals surface area contributed by atoms with E-state index in [1.165, 1.54) is 28.7 Å². The maximum atomic E-state index is 3.57. The van der Waals surface area contributed by atoms with Crippen molar-refractivity contribution in [2.24, 2.45) is 0 Å². The van der Waals surface area contributed by atoms with Crippen LogP contribution in [0, 0.1) is 13.8 Å². The summed E-state index contributed by atoms with van der Waals surface area (Å²) in [6.07, 6.45) is 1.23. The Morgan fingerprint density at radius 1 is 0.950 bits per heavy atom. The van der Waals surface area contributed by atoms with E-state index in [1.807, 2.05) is 0 Å². The fourth-order valence-corrected chi connectivity index (χ4v) is 3.48. The molecule has 2 unspecified atom stereocenters. The van der Waals surface area contributed by atoms with Crippen LogP contribution in [-0.2, 0) is 0 Å². The third-order valence-electron chi connectivity index (χ3n) is 4.54. The topological polar surface area (TPSA) is 12.0 Å². The molecule has 0 saturated carbocycles. The number of piperidine rings is 1. The minimum atomic E-state index is 0.588. The molecule has 1 aliphatic heterocycles. The Kier molecular flexibility index (Phi) is 3.88. The van der Waals surface area contributed by atoms with Crippen molar-refractivity contribution in [1.29, 1.82) is 0 Å². The van der Waals surface area contributed by atoms with Crippen molar-refractivity contribution >= 4 is 0 Å². The van der Waals surface area contributed by atoms with Crippen LogP contribution in [0.15, 0.2) is 48.5 Å². The monoisotopic (exact) mass is 265 g/mol. The van der Waals surface area contributed by atoms with E-state index in [0.29, 0.717) is 11.8 Å². The summed E-state index contributed by atoms with van der Waals surface area (Å²) < 4.78 is 0. The molecule has 1 saturated heterocycles. The number of hydrogen-bond acceptors (Lipinski definition) is 1. The summed E-state index contributed by atoms with van der Waals surface area (Å²) in [5.41, 5.74) is 5.79. The lowest BCUT2D eigenvalue weighted by atomic mass is 9.76. The molecule has 104 valence electrons. The van der Waals surface area contributed by atoms with Crippen molar-refractivity contribution in [1.82, 2.24) is 5.32 Å². The van der Waals surface area contributed by atoms with Gasteiger partial charge in [-0.05, 0) is 49.4 Å². The molecule has 0 aliphatic carbocycles. The minimum absolute atomic E-state index is 0.588. The third kappa shape index (κ3) is 2.64. The van der Waals surface area contributed by atoms with E-state index >= 15 is 0 Å². The number of hydrogen-bond donors (Lipinski definition) is 1. The molecule has 1 N–H and O–H groups in total. The molecular formula is C19H23N.